The van der Waals surface area contributed by atoms with E-state index in [0.717, 1.165) is 22.5 Å². The maximum atomic E-state index is 12.5. The Kier molecular flexibility index (Phi) is 2.15. The molecular weight excluding hydrogens is 260 g/mol. The van der Waals surface area contributed by atoms with Crippen LogP contribution in [0.3, 0.4) is 0 Å². The highest BCUT2D eigenvalue weighted by atomic mass is 35.5. The highest BCUT2D eigenvalue weighted by molar-refractivity contribution is 6.33. The van der Waals surface area contributed by atoms with E-state index in [1.807, 2.05) is 42.5 Å². The summed E-state index contributed by atoms with van der Waals surface area (Å²) in [7, 11) is 0. The molecule has 0 spiro atoms. The summed E-state index contributed by atoms with van der Waals surface area (Å²) in [6, 6.07) is 13.0. The van der Waals surface area contributed by atoms with Gasteiger partial charge in [-0.2, -0.15) is 0 Å². The molecular formula is C15H11ClN2O. The van der Waals surface area contributed by atoms with Gasteiger partial charge in [0.15, 0.2) is 5.78 Å². The van der Waals surface area contributed by atoms with Gasteiger partial charge in [-0.1, -0.05) is 35.9 Å². The molecule has 4 heteroatoms. The zero-order valence-electron chi connectivity index (χ0n) is 9.98. The van der Waals surface area contributed by atoms with Crippen molar-refractivity contribution in [2.24, 2.45) is 0 Å². The van der Waals surface area contributed by atoms with Crippen molar-refractivity contribution in [1.29, 1.82) is 0 Å². The molecule has 2 aromatic carbocycles. The first-order chi connectivity index (χ1) is 9.25. The van der Waals surface area contributed by atoms with Crippen molar-refractivity contribution in [3.63, 3.8) is 0 Å². The lowest BCUT2D eigenvalue weighted by atomic mass is 9.91. The fourth-order valence-electron chi connectivity index (χ4n) is 2.91. The minimum Gasteiger partial charge on any atom is -0.375 e. The predicted octanol–water partition coefficient (Wildman–Crippen LogP) is 3.48. The van der Waals surface area contributed by atoms with Crippen LogP contribution in [0.4, 0.5) is 11.4 Å². The summed E-state index contributed by atoms with van der Waals surface area (Å²) in [5, 5.41) is 7.34. The molecule has 2 aliphatic heterocycles. The van der Waals surface area contributed by atoms with Gasteiger partial charge in [-0.3, -0.25) is 4.79 Å². The highest BCUT2D eigenvalue weighted by Gasteiger charge is 2.42. The summed E-state index contributed by atoms with van der Waals surface area (Å²) in [5.41, 5.74) is 3.55. The van der Waals surface area contributed by atoms with Gasteiger partial charge >= 0.3 is 0 Å². The Labute approximate surface area is 115 Å². The number of hydrogen-bond donors (Lipinski definition) is 2. The summed E-state index contributed by atoms with van der Waals surface area (Å²) in [6.07, 6.45) is 0. The van der Waals surface area contributed by atoms with Crippen LogP contribution in [0.25, 0.3) is 0 Å². The molecule has 4 rings (SSSR count). The van der Waals surface area contributed by atoms with Gasteiger partial charge in [-0.15, -0.1) is 0 Å². The van der Waals surface area contributed by atoms with Crippen molar-refractivity contribution in [2.45, 2.75) is 12.1 Å². The zero-order chi connectivity index (χ0) is 13.0. The van der Waals surface area contributed by atoms with E-state index in [2.05, 4.69) is 10.6 Å². The molecule has 0 bridgehead atoms. The molecule has 2 atom stereocenters. The van der Waals surface area contributed by atoms with Crippen molar-refractivity contribution in [1.82, 2.24) is 0 Å². The maximum absolute atomic E-state index is 12.5. The fraction of sp³-hybridized carbons (Fsp3) is 0.133. The first-order valence-corrected chi connectivity index (χ1v) is 6.58. The van der Waals surface area contributed by atoms with E-state index < -0.39 is 0 Å². The lowest BCUT2D eigenvalue weighted by molar-refractivity contribution is 0.0960. The van der Waals surface area contributed by atoms with Crippen LogP contribution < -0.4 is 10.6 Å². The van der Waals surface area contributed by atoms with Crippen LogP contribution in [0.1, 0.15) is 22.0 Å². The lowest BCUT2D eigenvalue weighted by Crippen LogP contribution is -2.38. The molecule has 0 aromatic heterocycles. The van der Waals surface area contributed by atoms with E-state index in [4.69, 9.17) is 11.6 Å². The second kappa shape index (κ2) is 3.75. The molecule has 3 nitrogen and oxygen atoms in total. The Morgan fingerprint density at radius 3 is 2.68 bits per heavy atom. The normalized spacial score (nSPS) is 22.9. The molecule has 0 fully saturated rings. The first-order valence-electron chi connectivity index (χ1n) is 6.20. The van der Waals surface area contributed by atoms with Gasteiger partial charge in [-0.05, 0) is 18.2 Å². The number of nitrogens with one attached hydrogen (secondary N) is 2. The summed E-state index contributed by atoms with van der Waals surface area (Å²) < 4.78 is 0. The van der Waals surface area contributed by atoms with E-state index in [9.17, 15) is 4.79 Å². The third-order valence-electron chi connectivity index (χ3n) is 3.80. The summed E-state index contributed by atoms with van der Waals surface area (Å²) in [4.78, 5) is 12.5. The molecule has 0 saturated carbocycles. The molecule has 0 amide bonds. The summed E-state index contributed by atoms with van der Waals surface area (Å²) >= 11 is 6.19. The number of anilines is 2. The second-order valence-electron chi connectivity index (χ2n) is 4.86. The third-order valence-corrected chi connectivity index (χ3v) is 4.12. The summed E-state index contributed by atoms with van der Waals surface area (Å²) in [6.45, 7) is 0. The van der Waals surface area contributed by atoms with Crippen molar-refractivity contribution in [3.8, 4) is 0 Å². The number of Topliss-reactive ketones (excluding diaryl/α,β-unsaturated/α-hetero) is 1. The number of benzene rings is 2. The van der Waals surface area contributed by atoms with Crippen LogP contribution in [-0.4, -0.2) is 11.8 Å². The number of hydrogen-bond acceptors (Lipinski definition) is 3. The molecule has 0 aliphatic carbocycles. The van der Waals surface area contributed by atoms with E-state index in [0.29, 0.717) is 5.02 Å². The number of rotatable bonds is 0. The van der Waals surface area contributed by atoms with Gasteiger partial charge in [-0.25, -0.2) is 0 Å². The average Bonchev–Trinajstić information content (AvgIpc) is 2.80. The van der Waals surface area contributed by atoms with Gasteiger partial charge < -0.3 is 10.6 Å². The van der Waals surface area contributed by atoms with E-state index in [-0.39, 0.29) is 17.9 Å². The Morgan fingerprint density at radius 2 is 1.79 bits per heavy atom. The highest BCUT2D eigenvalue weighted by Crippen LogP contribution is 2.44. The molecule has 0 radical (unpaired) electrons. The van der Waals surface area contributed by atoms with Crippen LogP contribution in [0.2, 0.25) is 5.02 Å². The van der Waals surface area contributed by atoms with Crippen molar-refractivity contribution in [2.75, 3.05) is 10.6 Å². The Morgan fingerprint density at radius 1 is 0.947 bits per heavy atom. The van der Waals surface area contributed by atoms with Crippen molar-refractivity contribution in [3.05, 3.63) is 58.6 Å². The predicted molar refractivity (Wildman–Crippen MR) is 76.0 cm³/mol. The minimum absolute atomic E-state index is 0.0453. The fourth-order valence-corrected chi connectivity index (χ4v) is 3.14. The average molecular weight is 271 g/mol. The Hall–Kier alpha value is -2.00. The maximum Gasteiger partial charge on any atom is 0.189 e. The molecule has 2 aliphatic rings. The van der Waals surface area contributed by atoms with E-state index >= 15 is 0 Å². The molecule has 0 saturated heterocycles. The number of ketones is 1. The van der Waals surface area contributed by atoms with Gasteiger partial charge in [0, 0.05) is 16.8 Å². The number of fused-ring (bicyclic) bond motifs is 4. The Balaban J connectivity index is 1.87. The molecule has 2 aromatic rings. The quantitative estimate of drug-likeness (QED) is 0.770. The van der Waals surface area contributed by atoms with E-state index in [1.54, 1.807) is 0 Å². The number of para-hydroxylation sites is 2. The van der Waals surface area contributed by atoms with Crippen LogP contribution in [0, 0.1) is 0 Å². The van der Waals surface area contributed by atoms with Gasteiger partial charge in [0.05, 0.1) is 16.8 Å². The monoisotopic (exact) mass is 270 g/mol. The van der Waals surface area contributed by atoms with Gasteiger partial charge in [0.25, 0.3) is 0 Å². The minimum atomic E-state index is -0.273. The van der Waals surface area contributed by atoms with Crippen LogP contribution in [0.15, 0.2) is 42.5 Å². The topological polar surface area (TPSA) is 41.1 Å². The molecule has 19 heavy (non-hydrogen) atoms. The van der Waals surface area contributed by atoms with Crippen LogP contribution >= 0.6 is 11.6 Å². The molecule has 2 heterocycles. The first kappa shape index (κ1) is 10.9. The zero-order valence-corrected chi connectivity index (χ0v) is 10.7. The van der Waals surface area contributed by atoms with Crippen molar-refractivity contribution >= 4 is 28.8 Å². The Bertz CT molecular complexity index is 698. The lowest BCUT2D eigenvalue weighted by Gasteiger charge is -2.28. The molecule has 94 valence electrons. The van der Waals surface area contributed by atoms with E-state index in [1.165, 1.54) is 0 Å². The SMILES string of the molecule is O=C1c2ccccc2NC2c3cccc(Cl)c3NC12. The summed E-state index contributed by atoms with van der Waals surface area (Å²) in [5.74, 6) is 0.117. The van der Waals surface area contributed by atoms with Gasteiger partial charge in [0.1, 0.15) is 6.04 Å². The smallest absolute Gasteiger partial charge is 0.189 e. The number of halogens is 1. The van der Waals surface area contributed by atoms with Crippen molar-refractivity contribution < 1.29 is 4.79 Å². The molecule has 2 N–H and O–H groups in total. The number of carbonyl (C=O) groups excluding carboxylic acids is 1. The van der Waals surface area contributed by atoms with Crippen LogP contribution in [0.5, 0.6) is 0 Å². The number of carbonyl (C=O) groups is 1. The standard InChI is InChI=1S/C15H11ClN2O/c16-10-6-3-5-9-12(10)18-14-13(9)17-11-7-2-1-4-8(11)15(14)19/h1-7,13-14,17-18H. The largest absolute Gasteiger partial charge is 0.375 e. The van der Waals surface area contributed by atoms with Crippen LogP contribution in [-0.2, 0) is 0 Å². The second-order valence-corrected chi connectivity index (χ2v) is 5.27. The third kappa shape index (κ3) is 1.42. The molecule has 2 unspecified atom stereocenters. The van der Waals surface area contributed by atoms with Gasteiger partial charge in [0.2, 0.25) is 0 Å².